The minimum atomic E-state index is -0.903. The highest BCUT2D eigenvalue weighted by molar-refractivity contribution is 5.57. The Morgan fingerprint density at radius 1 is 1.13 bits per heavy atom. The van der Waals surface area contributed by atoms with Gasteiger partial charge >= 0.3 is 5.69 Å². The van der Waals surface area contributed by atoms with Crippen molar-refractivity contribution in [2.24, 2.45) is 24.3 Å². The third-order valence-electron chi connectivity index (χ3n) is 3.04. The topological polar surface area (TPSA) is 152 Å². The van der Waals surface area contributed by atoms with Crippen molar-refractivity contribution >= 4 is 17.1 Å². The van der Waals surface area contributed by atoms with Gasteiger partial charge in [0, 0.05) is 26.2 Å². The molecule has 0 saturated heterocycles. The third-order valence-corrected chi connectivity index (χ3v) is 3.04. The maximum Gasteiger partial charge on any atom is 0.333 e. The molecule has 0 aliphatic rings. The minimum absolute atomic E-state index is 0.269. The van der Waals surface area contributed by atoms with Gasteiger partial charge < -0.3 is 10.2 Å². The molecule has 0 atom stereocenters. The van der Waals surface area contributed by atoms with Crippen LogP contribution in [0, 0.1) is 10.1 Å². The zero-order chi connectivity index (χ0) is 17.3. The number of phenols is 1. The Morgan fingerprint density at radius 2 is 1.78 bits per heavy atom. The molecule has 11 nitrogen and oxygen atoms in total. The fraction of sp³-hybridized carbons (Fsp3) is 0.167. The third kappa shape index (κ3) is 2.79. The van der Waals surface area contributed by atoms with Crippen molar-refractivity contribution in [3.63, 3.8) is 0 Å². The first-order valence-electron chi connectivity index (χ1n) is 6.12. The van der Waals surface area contributed by atoms with Crippen molar-refractivity contribution in [1.29, 1.82) is 0 Å². The number of azo groups is 1. The second kappa shape index (κ2) is 5.71. The van der Waals surface area contributed by atoms with Crippen molar-refractivity contribution in [3.05, 3.63) is 49.2 Å². The van der Waals surface area contributed by atoms with Crippen molar-refractivity contribution < 1.29 is 15.1 Å². The van der Waals surface area contributed by atoms with Crippen LogP contribution in [0.25, 0.3) is 0 Å². The van der Waals surface area contributed by atoms with E-state index in [9.17, 15) is 29.9 Å². The predicted molar refractivity (Wildman–Crippen MR) is 77.5 cm³/mol. The molecule has 2 aromatic rings. The number of nitro groups is 1. The Labute approximate surface area is 127 Å². The van der Waals surface area contributed by atoms with E-state index in [0.717, 1.165) is 22.8 Å². The number of nitro benzene ring substituents is 1. The highest BCUT2D eigenvalue weighted by Gasteiger charge is 2.15. The molecule has 120 valence electrons. The SMILES string of the molecule is Cn1c(O)c(N=Nc2cc([N+](=O)[O-])ccc2O)c(=O)n(C)c1=O. The number of aromatic nitrogens is 2. The average molecular weight is 321 g/mol. The molecule has 1 aromatic carbocycles. The van der Waals surface area contributed by atoms with E-state index in [0.29, 0.717) is 4.57 Å². The van der Waals surface area contributed by atoms with E-state index >= 15 is 0 Å². The highest BCUT2D eigenvalue weighted by Crippen LogP contribution is 2.32. The first-order valence-corrected chi connectivity index (χ1v) is 6.12. The largest absolute Gasteiger partial charge is 0.506 e. The van der Waals surface area contributed by atoms with Crippen LogP contribution in [0.2, 0.25) is 0 Å². The lowest BCUT2D eigenvalue weighted by Crippen LogP contribution is -2.36. The van der Waals surface area contributed by atoms with Crippen molar-refractivity contribution in [3.8, 4) is 11.6 Å². The molecule has 0 spiro atoms. The fourth-order valence-corrected chi connectivity index (χ4v) is 1.71. The van der Waals surface area contributed by atoms with Gasteiger partial charge in [-0.2, -0.15) is 0 Å². The van der Waals surface area contributed by atoms with Crippen molar-refractivity contribution in [2.45, 2.75) is 0 Å². The molecule has 2 rings (SSSR count). The number of benzene rings is 1. The van der Waals surface area contributed by atoms with Crippen LogP contribution in [0.5, 0.6) is 11.6 Å². The summed E-state index contributed by atoms with van der Waals surface area (Å²) in [7, 11) is 2.41. The van der Waals surface area contributed by atoms with Crippen LogP contribution >= 0.6 is 0 Å². The molecule has 23 heavy (non-hydrogen) atoms. The van der Waals surface area contributed by atoms with Crippen molar-refractivity contribution in [2.75, 3.05) is 0 Å². The molecule has 0 aliphatic heterocycles. The maximum atomic E-state index is 11.9. The van der Waals surface area contributed by atoms with Gasteiger partial charge in [-0.1, -0.05) is 0 Å². The summed E-state index contributed by atoms with van der Waals surface area (Å²) < 4.78 is 1.49. The molecular formula is C12H11N5O6. The van der Waals surface area contributed by atoms with E-state index in [1.54, 1.807) is 0 Å². The lowest BCUT2D eigenvalue weighted by Gasteiger charge is -2.06. The summed E-state index contributed by atoms with van der Waals surface area (Å²) in [4.78, 5) is 33.5. The Kier molecular flexibility index (Phi) is 3.94. The van der Waals surface area contributed by atoms with Gasteiger partial charge in [0.15, 0.2) is 0 Å². The maximum absolute atomic E-state index is 11.9. The molecule has 0 amide bonds. The number of nitrogens with zero attached hydrogens (tertiary/aromatic N) is 5. The minimum Gasteiger partial charge on any atom is -0.506 e. The summed E-state index contributed by atoms with van der Waals surface area (Å²) in [5.74, 6) is -1.12. The predicted octanol–water partition coefficient (Wildman–Crippen LogP) is 0.819. The number of aromatic hydroxyl groups is 2. The number of hydrogen-bond acceptors (Lipinski definition) is 8. The molecule has 0 bridgehead atoms. The molecule has 0 radical (unpaired) electrons. The van der Waals surface area contributed by atoms with Gasteiger partial charge in [0.1, 0.15) is 11.4 Å². The first kappa shape index (κ1) is 15.9. The summed E-state index contributed by atoms with van der Waals surface area (Å²) >= 11 is 0. The molecule has 1 aromatic heterocycles. The summed E-state index contributed by atoms with van der Waals surface area (Å²) in [6.07, 6.45) is 0. The Bertz CT molecular complexity index is 942. The van der Waals surface area contributed by atoms with Crippen LogP contribution in [-0.2, 0) is 14.1 Å². The number of non-ortho nitro benzene ring substituents is 1. The lowest BCUT2D eigenvalue weighted by molar-refractivity contribution is -0.384. The molecule has 0 unspecified atom stereocenters. The van der Waals surface area contributed by atoms with E-state index in [-0.39, 0.29) is 11.4 Å². The van der Waals surface area contributed by atoms with Gasteiger partial charge in [0.25, 0.3) is 11.2 Å². The van der Waals surface area contributed by atoms with Gasteiger partial charge in [-0.15, -0.1) is 10.2 Å². The molecule has 1 heterocycles. The van der Waals surface area contributed by atoms with E-state index in [4.69, 9.17) is 0 Å². The Hall–Kier alpha value is -3.50. The summed E-state index contributed by atoms with van der Waals surface area (Å²) in [6.45, 7) is 0. The van der Waals surface area contributed by atoms with E-state index in [2.05, 4.69) is 10.2 Å². The second-order valence-corrected chi connectivity index (χ2v) is 4.51. The smallest absolute Gasteiger partial charge is 0.333 e. The Morgan fingerprint density at radius 3 is 2.39 bits per heavy atom. The molecule has 0 saturated carbocycles. The standard InChI is InChI=1S/C12H11N5O6/c1-15-10(19)9(11(20)16(2)12(15)21)14-13-7-5-6(17(22)23)3-4-8(7)18/h3-5,18-19H,1-2H3. The van der Waals surface area contributed by atoms with Crippen LogP contribution < -0.4 is 11.2 Å². The summed E-state index contributed by atoms with van der Waals surface area (Å²) in [5, 5.41) is 37.1. The monoisotopic (exact) mass is 321 g/mol. The molecule has 0 fully saturated rings. The zero-order valence-corrected chi connectivity index (χ0v) is 12.0. The lowest BCUT2D eigenvalue weighted by atomic mass is 10.2. The normalized spacial score (nSPS) is 11.0. The van der Waals surface area contributed by atoms with Gasteiger partial charge in [0.05, 0.1) is 4.92 Å². The quantitative estimate of drug-likeness (QED) is 0.485. The van der Waals surface area contributed by atoms with Crippen LogP contribution in [0.4, 0.5) is 17.1 Å². The zero-order valence-electron chi connectivity index (χ0n) is 12.0. The van der Waals surface area contributed by atoms with Gasteiger partial charge in [-0.25, -0.2) is 4.79 Å². The average Bonchev–Trinajstić information content (AvgIpc) is 2.52. The first-order chi connectivity index (χ1) is 10.7. The van der Waals surface area contributed by atoms with Gasteiger partial charge in [-0.05, 0) is 6.07 Å². The number of phenolic OH excluding ortho intramolecular Hbond substituents is 1. The molecule has 2 N–H and O–H groups in total. The molecule has 11 heteroatoms. The number of rotatable bonds is 3. The second-order valence-electron chi connectivity index (χ2n) is 4.51. The van der Waals surface area contributed by atoms with Gasteiger partial charge in [-0.3, -0.25) is 24.0 Å². The molecule has 0 aliphatic carbocycles. The highest BCUT2D eigenvalue weighted by atomic mass is 16.6. The van der Waals surface area contributed by atoms with E-state index in [1.807, 2.05) is 0 Å². The van der Waals surface area contributed by atoms with E-state index < -0.39 is 33.5 Å². The van der Waals surface area contributed by atoms with Crippen LogP contribution in [-0.4, -0.2) is 24.3 Å². The van der Waals surface area contributed by atoms with Crippen LogP contribution in [0.15, 0.2) is 38.0 Å². The van der Waals surface area contributed by atoms with Crippen molar-refractivity contribution in [1.82, 2.24) is 9.13 Å². The van der Waals surface area contributed by atoms with E-state index in [1.165, 1.54) is 14.1 Å². The van der Waals surface area contributed by atoms with Crippen LogP contribution in [0.3, 0.4) is 0 Å². The number of hydrogen-bond donors (Lipinski definition) is 2. The molecular weight excluding hydrogens is 310 g/mol. The van der Waals surface area contributed by atoms with Gasteiger partial charge in [0.2, 0.25) is 11.6 Å². The fourth-order valence-electron chi connectivity index (χ4n) is 1.71. The summed E-state index contributed by atoms with van der Waals surface area (Å²) in [6, 6.07) is 3.06. The van der Waals surface area contributed by atoms with Crippen LogP contribution in [0.1, 0.15) is 0 Å². The summed E-state index contributed by atoms with van der Waals surface area (Å²) in [5.41, 5.74) is -2.81. The Balaban J connectivity index is 2.59.